The largest absolute Gasteiger partial charge is 0.478 e. The fourth-order valence-corrected chi connectivity index (χ4v) is 3.67. The van der Waals surface area contributed by atoms with Crippen molar-refractivity contribution in [2.45, 2.75) is 24.0 Å². The molecule has 1 aromatic heterocycles. The minimum absolute atomic E-state index is 0.128. The quantitative estimate of drug-likeness (QED) is 0.781. The molecule has 7 heteroatoms. The van der Waals surface area contributed by atoms with Crippen LogP contribution in [0.5, 0.6) is 0 Å². The van der Waals surface area contributed by atoms with Crippen molar-refractivity contribution in [2.75, 3.05) is 18.1 Å². The van der Waals surface area contributed by atoms with Gasteiger partial charge in [0.1, 0.15) is 5.00 Å². The van der Waals surface area contributed by atoms with Crippen LogP contribution in [0, 0.1) is 0 Å². The molecule has 1 aromatic rings. The highest BCUT2D eigenvalue weighted by Gasteiger charge is 2.36. The third-order valence-electron chi connectivity index (χ3n) is 3.39. The zero-order valence-corrected chi connectivity index (χ0v) is 12.2. The number of aromatic carboxylic acids is 1. The van der Waals surface area contributed by atoms with Crippen LogP contribution in [0.15, 0.2) is 11.4 Å². The Labute approximate surface area is 119 Å². The summed E-state index contributed by atoms with van der Waals surface area (Å²) >= 11 is 2.99. The Morgan fingerprint density at radius 2 is 2.26 bits per heavy atom. The number of nitrogens with one attached hydrogen (secondary N) is 2. The Kier molecular flexibility index (Phi) is 4.36. The van der Waals surface area contributed by atoms with Crippen molar-refractivity contribution in [1.82, 2.24) is 5.32 Å². The molecule has 2 rings (SSSR count). The lowest BCUT2D eigenvalue weighted by molar-refractivity contribution is 0.0698. The van der Waals surface area contributed by atoms with Crippen molar-refractivity contribution in [3.63, 3.8) is 0 Å². The van der Waals surface area contributed by atoms with E-state index in [4.69, 9.17) is 5.11 Å². The predicted molar refractivity (Wildman–Crippen MR) is 78.4 cm³/mol. The summed E-state index contributed by atoms with van der Waals surface area (Å²) in [6.07, 6.45) is 5.50. The van der Waals surface area contributed by atoms with Crippen LogP contribution < -0.4 is 10.6 Å². The van der Waals surface area contributed by atoms with Gasteiger partial charge in [-0.25, -0.2) is 9.59 Å². The maximum absolute atomic E-state index is 11.8. The molecule has 0 saturated heterocycles. The Balaban J connectivity index is 1.87. The SMILES string of the molecule is CSC1(CNC(=O)Nc2sccc2C(=O)O)CCC1. The summed E-state index contributed by atoms with van der Waals surface area (Å²) in [5.74, 6) is -1.03. The van der Waals surface area contributed by atoms with E-state index in [0.717, 1.165) is 12.8 Å². The molecule has 0 bridgehead atoms. The molecule has 5 nitrogen and oxygen atoms in total. The smallest absolute Gasteiger partial charge is 0.338 e. The van der Waals surface area contributed by atoms with E-state index in [2.05, 4.69) is 16.9 Å². The van der Waals surface area contributed by atoms with Gasteiger partial charge in [-0.3, -0.25) is 5.32 Å². The van der Waals surface area contributed by atoms with Crippen molar-refractivity contribution in [1.29, 1.82) is 0 Å². The molecule has 1 fully saturated rings. The van der Waals surface area contributed by atoms with E-state index >= 15 is 0 Å². The molecule has 19 heavy (non-hydrogen) atoms. The van der Waals surface area contributed by atoms with Crippen molar-refractivity contribution in [2.24, 2.45) is 0 Å². The molecular weight excluding hydrogens is 284 g/mol. The van der Waals surface area contributed by atoms with E-state index in [1.54, 1.807) is 17.1 Å². The van der Waals surface area contributed by atoms with Crippen LogP contribution in [-0.2, 0) is 0 Å². The van der Waals surface area contributed by atoms with Crippen molar-refractivity contribution in [3.8, 4) is 0 Å². The number of hydrogen-bond acceptors (Lipinski definition) is 4. The predicted octanol–water partition coefficient (Wildman–Crippen LogP) is 2.85. The topological polar surface area (TPSA) is 78.4 Å². The standard InChI is InChI=1S/C12H16N2O3S2/c1-18-12(4-2-5-12)7-13-11(17)14-9-8(10(15)16)3-6-19-9/h3,6H,2,4-5,7H2,1H3,(H,15,16)(H2,13,14,17). The first-order valence-electron chi connectivity index (χ1n) is 5.97. The Morgan fingerprint density at radius 3 is 2.79 bits per heavy atom. The summed E-state index contributed by atoms with van der Waals surface area (Å²) in [5, 5.41) is 16.4. The molecule has 0 aromatic carbocycles. The van der Waals surface area contributed by atoms with Gasteiger partial charge in [0.2, 0.25) is 0 Å². The first-order chi connectivity index (χ1) is 9.06. The molecule has 0 radical (unpaired) electrons. The summed E-state index contributed by atoms with van der Waals surface area (Å²) in [7, 11) is 0. The summed E-state index contributed by atoms with van der Waals surface area (Å²) in [4.78, 5) is 22.7. The van der Waals surface area contributed by atoms with Crippen LogP contribution in [-0.4, -0.2) is 34.7 Å². The van der Waals surface area contributed by atoms with Crippen LogP contribution in [0.25, 0.3) is 0 Å². The van der Waals surface area contributed by atoms with Gasteiger partial charge in [-0.1, -0.05) is 6.42 Å². The average Bonchev–Trinajstić information content (AvgIpc) is 2.76. The van der Waals surface area contributed by atoms with Gasteiger partial charge in [0, 0.05) is 11.3 Å². The van der Waals surface area contributed by atoms with Crippen LogP contribution in [0.4, 0.5) is 9.80 Å². The first kappa shape index (κ1) is 14.2. The third-order valence-corrected chi connectivity index (χ3v) is 5.64. The van der Waals surface area contributed by atoms with Gasteiger partial charge in [-0.05, 0) is 30.5 Å². The van der Waals surface area contributed by atoms with Gasteiger partial charge >= 0.3 is 12.0 Å². The molecule has 0 atom stereocenters. The molecule has 0 spiro atoms. The summed E-state index contributed by atoms with van der Waals surface area (Å²) in [6.45, 7) is 0.619. The molecule has 1 heterocycles. The fourth-order valence-electron chi connectivity index (χ4n) is 1.99. The second kappa shape index (κ2) is 5.83. The third kappa shape index (κ3) is 3.22. The normalized spacial score (nSPS) is 16.5. The number of urea groups is 1. The van der Waals surface area contributed by atoms with Gasteiger partial charge in [-0.2, -0.15) is 11.8 Å². The maximum Gasteiger partial charge on any atom is 0.338 e. The fraction of sp³-hybridized carbons (Fsp3) is 0.500. The summed E-state index contributed by atoms with van der Waals surface area (Å²) in [6, 6.07) is 1.14. The molecular formula is C12H16N2O3S2. The number of anilines is 1. The van der Waals surface area contributed by atoms with Crippen molar-refractivity contribution < 1.29 is 14.7 Å². The number of carbonyl (C=O) groups is 2. The Hall–Kier alpha value is -1.21. The number of carboxylic acid groups (broad SMARTS) is 1. The van der Waals surface area contributed by atoms with E-state index in [1.165, 1.54) is 23.8 Å². The zero-order chi connectivity index (χ0) is 13.9. The van der Waals surface area contributed by atoms with Gasteiger partial charge < -0.3 is 10.4 Å². The number of rotatable bonds is 5. The molecule has 0 aliphatic heterocycles. The van der Waals surface area contributed by atoms with Crippen LogP contribution in [0.2, 0.25) is 0 Å². The number of carbonyl (C=O) groups excluding carboxylic acids is 1. The lowest BCUT2D eigenvalue weighted by Gasteiger charge is -2.40. The monoisotopic (exact) mass is 300 g/mol. The molecule has 1 saturated carbocycles. The van der Waals surface area contributed by atoms with Crippen LogP contribution in [0.1, 0.15) is 29.6 Å². The average molecular weight is 300 g/mol. The van der Waals surface area contributed by atoms with E-state index < -0.39 is 5.97 Å². The first-order valence-corrected chi connectivity index (χ1v) is 8.07. The number of amides is 2. The van der Waals surface area contributed by atoms with E-state index in [0.29, 0.717) is 11.5 Å². The van der Waals surface area contributed by atoms with Crippen molar-refractivity contribution >= 4 is 40.1 Å². The molecule has 2 amide bonds. The van der Waals surface area contributed by atoms with Crippen molar-refractivity contribution in [3.05, 3.63) is 17.0 Å². The van der Waals surface area contributed by atoms with E-state index in [-0.39, 0.29) is 16.3 Å². The van der Waals surface area contributed by atoms with Crippen LogP contribution >= 0.6 is 23.1 Å². The van der Waals surface area contributed by atoms with Gasteiger partial charge in [-0.15, -0.1) is 11.3 Å². The van der Waals surface area contributed by atoms with E-state index in [1.807, 2.05) is 0 Å². The lowest BCUT2D eigenvalue weighted by atomic mass is 9.84. The van der Waals surface area contributed by atoms with Gasteiger partial charge in [0.25, 0.3) is 0 Å². The molecule has 104 valence electrons. The highest BCUT2D eigenvalue weighted by atomic mass is 32.2. The highest BCUT2D eigenvalue weighted by molar-refractivity contribution is 8.00. The highest BCUT2D eigenvalue weighted by Crippen LogP contribution is 2.42. The van der Waals surface area contributed by atoms with Gasteiger partial charge in [0.15, 0.2) is 0 Å². The van der Waals surface area contributed by atoms with Gasteiger partial charge in [0.05, 0.1) is 5.56 Å². The Bertz CT molecular complexity index is 478. The number of thioether (sulfide) groups is 1. The van der Waals surface area contributed by atoms with Crippen LogP contribution in [0.3, 0.4) is 0 Å². The number of thiophene rings is 1. The zero-order valence-electron chi connectivity index (χ0n) is 10.6. The second-order valence-corrected chi connectivity index (χ2v) is 6.71. The minimum atomic E-state index is -1.03. The Morgan fingerprint density at radius 1 is 1.53 bits per heavy atom. The summed E-state index contributed by atoms with van der Waals surface area (Å²) in [5.41, 5.74) is 0.128. The molecule has 1 aliphatic rings. The van der Waals surface area contributed by atoms with E-state index in [9.17, 15) is 9.59 Å². The number of carboxylic acids is 1. The maximum atomic E-state index is 11.8. The minimum Gasteiger partial charge on any atom is -0.478 e. The second-order valence-electron chi connectivity index (χ2n) is 4.52. The lowest BCUT2D eigenvalue weighted by Crippen LogP contribution is -2.46. The molecule has 0 unspecified atom stereocenters. The number of hydrogen-bond donors (Lipinski definition) is 3. The molecule has 3 N–H and O–H groups in total. The summed E-state index contributed by atoms with van der Waals surface area (Å²) < 4.78 is 0.169. The molecule has 1 aliphatic carbocycles.